The number of hydrogen-bond acceptors (Lipinski definition) is 1. The third-order valence-electron chi connectivity index (χ3n) is 4.42. The van der Waals surface area contributed by atoms with Gasteiger partial charge in [-0.1, -0.05) is 66.7 Å². The van der Waals surface area contributed by atoms with E-state index in [2.05, 4.69) is 66.7 Å². The molecule has 1 saturated heterocycles. The van der Waals surface area contributed by atoms with Crippen molar-refractivity contribution in [3.63, 3.8) is 0 Å². The Bertz CT molecular complexity index is 754. The zero-order valence-electron chi connectivity index (χ0n) is 10.3. The first-order chi connectivity index (χ1) is 9.41. The molecule has 5 rings (SSSR count). The van der Waals surface area contributed by atoms with Gasteiger partial charge in [-0.15, -0.1) is 0 Å². The lowest BCUT2D eigenvalue weighted by Gasteiger charge is -2.32. The third-order valence-corrected chi connectivity index (χ3v) is 4.42. The molecule has 90 valence electrons. The van der Waals surface area contributed by atoms with Crippen LogP contribution in [0.5, 0.6) is 0 Å². The molecule has 0 bridgehead atoms. The Labute approximate surface area is 111 Å². The standard InChI is InChI=1S/C18H12O/c1-2-6-12(7-3-1)18-16(19-18)11-10-15-13-8-4-5-9-14(13)17(15)18/h1-11,16H. The van der Waals surface area contributed by atoms with E-state index in [9.17, 15) is 0 Å². The number of fused-ring (bicyclic) bond motifs is 5. The molecule has 3 aliphatic rings. The van der Waals surface area contributed by atoms with E-state index >= 15 is 0 Å². The summed E-state index contributed by atoms with van der Waals surface area (Å²) in [5, 5.41) is 0. The summed E-state index contributed by atoms with van der Waals surface area (Å²) in [6.07, 6.45) is 4.63. The molecule has 1 heteroatoms. The summed E-state index contributed by atoms with van der Waals surface area (Å²) in [7, 11) is 0. The molecule has 2 aliphatic carbocycles. The van der Waals surface area contributed by atoms with Crippen LogP contribution in [0.3, 0.4) is 0 Å². The van der Waals surface area contributed by atoms with Crippen LogP contribution in [0.15, 0.2) is 66.7 Å². The highest BCUT2D eigenvalue weighted by molar-refractivity contribution is 6.12. The van der Waals surface area contributed by atoms with Gasteiger partial charge in [-0.2, -0.15) is 0 Å². The zero-order valence-corrected chi connectivity index (χ0v) is 10.3. The van der Waals surface area contributed by atoms with E-state index in [1.54, 1.807) is 0 Å². The van der Waals surface area contributed by atoms with Crippen LogP contribution >= 0.6 is 0 Å². The van der Waals surface area contributed by atoms with E-state index in [0.29, 0.717) is 0 Å². The highest BCUT2D eigenvalue weighted by Gasteiger charge is 2.63. The number of benzene rings is 2. The van der Waals surface area contributed by atoms with Crippen molar-refractivity contribution in [2.45, 2.75) is 11.7 Å². The molecular weight excluding hydrogens is 232 g/mol. The van der Waals surface area contributed by atoms with Crippen molar-refractivity contribution < 1.29 is 4.74 Å². The predicted molar refractivity (Wildman–Crippen MR) is 75.4 cm³/mol. The minimum Gasteiger partial charge on any atom is -0.351 e. The van der Waals surface area contributed by atoms with Crippen molar-refractivity contribution in [1.82, 2.24) is 0 Å². The molecule has 2 unspecified atom stereocenters. The van der Waals surface area contributed by atoms with Crippen molar-refractivity contribution in [2.75, 3.05) is 0 Å². The molecule has 0 saturated carbocycles. The smallest absolute Gasteiger partial charge is 0.150 e. The highest BCUT2D eigenvalue weighted by atomic mass is 16.6. The van der Waals surface area contributed by atoms with Crippen molar-refractivity contribution in [2.24, 2.45) is 0 Å². The molecule has 19 heavy (non-hydrogen) atoms. The van der Waals surface area contributed by atoms with Gasteiger partial charge in [0.2, 0.25) is 0 Å². The van der Waals surface area contributed by atoms with Crippen LogP contribution in [-0.2, 0) is 10.3 Å². The maximum atomic E-state index is 6.10. The molecule has 1 aliphatic heterocycles. The second-order valence-electron chi connectivity index (χ2n) is 5.33. The van der Waals surface area contributed by atoms with Gasteiger partial charge in [-0.3, -0.25) is 0 Å². The lowest BCUT2D eigenvalue weighted by atomic mass is 9.68. The summed E-state index contributed by atoms with van der Waals surface area (Å²) < 4.78 is 6.10. The van der Waals surface area contributed by atoms with Gasteiger partial charge in [0, 0.05) is 5.57 Å². The van der Waals surface area contributed by atoms with Crippen LogP contribution in [0, 0.1) is 0 Å². The Hall–Kier alpha value is -2.12. The fourth-order valence-corrected chi connectivity index (χ4v) is 3.51. The van der Waals surface area contributed by atoms with Crippen LogP contribution in [-0.4, -0.2) is 6.10 Å². The van der Waals surface area contributed by atoms with Crippen LogP contribution in [0.4, 0.5) is 0 Å². The Morgan fingerprint density at radius 3 is 2.42 bits per heavy atom. The summed E-state index contributed by atoms with van der Waals surface area (Å²) in [6.45, 7) is 0. The third kappa shape index (κ3) is 1.02. The fourth-order valence-electron chi connectivity index (χ4n) is 3.51. The molecule has 0 amide bonds. The second kappa shape index (κ2) is 3.06. The van der Waals surface area contributed by atoms with E-state index in [1.807, 2.05) is 0 Å². The van der Waals surface area contributed by atoms with Gasteiger partial charge >= 0.3 is 0 Å². The lowest BCUT2D eigenvalue weighted by Crippen LogP contribution is -2.24. The summed E-state index contributed by atoms with van der Waals surface area (Å²) in [4.78, 5) is 0. The fraction of sp³-hybridized carbons (Fsp3) is 0.111. The van der Waals surface area contributed by atoms with Gasteiger partial charge in [-0.05, 0) is 22.3 Å². The molecule has 0 spiro atoms. The molecule has 0 N–H and O–H groups in total. The summed E-state index contributed by atoms with van der Waals surface area (Å²) in [5.74, 6) is 0. The Morgan fingerprint density at radius 2 is 1.58 bits per heavy atom. The number of ether oxygens (including phenoxy) is 1. The Kier molecular flexibility index (Phi) is 1.57. The average Bonchev–Trinajstić information content (AvgIpc) is 3.19. The number of rotatable bonds is 1. The summed E-state index contributed by atoms with van der Waals surface area (Å²) in [6, 6.07) is 19.2. The second-order valence-corrected chi connectivity index (χ2v) is 5.33. The van der Waals surface area contributed by atoms with Crippen molar-refractivity contribution in [1.29, 1.82) is 0 Å². The Balaban J connectivity index is 1.75. The maximum Gasteiger partial charge on any atom is 0.150 e. The molecule has 1 fully saturated rings. The van der Waals surface area contributed by atoms with Gasteiger partial charge in [0.1, 0.15) is 11.7 Å². The lowest BCUT2D eigenvalue weighted by molar-refractivity contribution is 0.352. The summed E-state index contributed by atoms with van der Waals surface area (Å²) >= 11 is 0. The van der Waals surface area contributed by atoms with Crippen molar-refractivity contribution in [3.8, 4) is 0 Å². The molecular formula is C18H12O. The highest BCUT2D eigenvalue weighted by Crippen LogP contribution is 2.64. The molecule has 2 aromatic carbocycles. The molecule has 0 radical (unpaired) electrons. The van der Waals surface area contributed by atoms with Gasteiger partial charge in [0.25, 0.3) is 0 Å². The van der Waals surface area contributed by atoms with Gasteiger partial charge in [0.15, 0.2) is 0 Å². The average molecular weight is 244 g/mol. The minimum absolute atomic E-state index is 0.209. The molecule has 1 nitrogen and oxygen atoms in total. The van der Waals surface area contributed by atoms with E-state index < -0.39 is 0 Å². The molecule has 2 aromatic rings. The van der Waals surface area contributed by atoms with E-state index in [4.69, 9.17) is 4.74 Å². The first kappa shape index (κ1) is 9.76. The minimum atomic E-state index is -0.209. The first-order valence-corrected chi connectivity index (χ1v) is 6.67. The maximum absolute atomic E-state index is 6.10. The Morgan fingerprint density at radius 1 is 0.842 bits per heavy atom. The monoisotopic (exact) mass is 244 g/mol. The van der Waals surface area contributed by atoms with Crippen LogP contribution in [0.25, 0.3) is 11.1 Å². The van der Waals surface area contributed by atoms with Gasteiger partial charge in [-0.25, -0.2) is 0 Å². The van der Waals surface area contributed by atoms with Crippen molar-refractivity contribution >= 4 is 11.1 Å². The largest absolute Gasteiger partial charge is 0.351 e. The van der Waals surface area contributed by atoms with Crippen LogP contribution in [0.1, 0.15) is 16.7 Å². The molecule has 1 heterocycles. The number of epoxide rings is 1. The normalized spacial score (nSPS) is 29.2. The van der Waals surface area contributed by atoms with Gasteiger partial charge in [0.05, 0.1) is 0 Å². The molecule has 2 atom stereocenters. The topological polar surface area (TPSA) is 12.5 Å². The summed E-state index contributed by atoms with van der Waals surface area (Å²) in [5.41, 5.74) is 6.51. The van der Waals surface area contributed by atoms with E-state index in [1.165, 1.54) is 27.8 Å². The van der Waals surface area contributed by atoms with Crippen LogP contribution < -0.4 is 0 Å². The van der Waals surface area contributed by atoms with Crippen molar-refractivity contribution in [3.05, 3.63) is 83.4 Å². The number of hydrogen-bond donors (Lipinski definition) is 0. The first-order valence-electron chi connectivity index (χ1n) is 6.67. The quantitative estimate of drug-likeness (QED) is 0.695. The van der Waals surface area contributed by atoms with Crippen LogP contribution in [0.2, 0.25) is 0 Å². The van der Waals surface area contributed by atoms with E-state index in [-0.39, 0.29) is 11.7 Å². The zero-order chi connectivity index (χ0) is 12.4. The number of allylic oxidation sites excluding steroid dienone is 2. The molecule has 0 aromatic heterocycles. The van der Waals surface area contributed by atoms with E-state index in [0.717, 1.165) is 0 Å². The SMILES string of the molecule is C1=CC2OC2(c2ccccc2)C2=C1c1ccccc12. The predicted octanol–water partition coefficient (Wildman–Crippen LogP) is 3.77. The van der Waals surface area contributed by atoms with Gasteiger partial charge < -0.3 is 4.74 Å².